The van der Waals surface area contributed by atoms with E-state index in [0.29, 0.717) is 0 Å². The minimum absolute atomic E-state index is 0.0140. The summed E-state index contributed by atoms with van der Waals surface area (Å²) in [5.74, 6) is -0.986. The Balaban J connectivity index is 2.08. The van der Waals surface area contributed by atoms with E-state index in [-0.39, 0.29) is 27.2 Å². The third kappa shape index (κ3) is 7.04. The fraction of sp³-hybridized carbons (Fsp3) is 0.231. The second-order valence-corrected chi connectivity index (χ2v) is 12.0. The molecule has 11 heteroatoms. The first-order chi connectivity index (χ1) is 17.4. The fourth-order valence-electron chi connectivity index (χ4n) is 3.65. The molecule has 0 unspecified atom stereocenters. The lowest BCUT2D eigenvalue weighted by molar-refractivity contribution is -0.139. The maximum atomic E-state index is 13.8. The summed E-state index contributed by atoms with van der Waals surface area (Å²) in [7, 11) is -2.76. The van der Waals surface area contributed by atoms with Gasteiger partial charge in [-0.15, -0.1) is 0 Å². The van der Waals surface area contributed by atoms with Crippen LogP contribution in [0, 0.1) is 6.92 Å². The van der Waals surface area contributed by atoms with Gasteiger partial charge in [-0.05, 0) is 61.9 Å². The molecule has 1 atom stereocenters. The topological polar surface area (TPSA) is 86.8 Å². The Morgan fingerprint density at radius 1 is 1.03 bits per heavy atom. The first kappa shape index (κ1) is 29.0. The molecule has 1 N–H and O–H groups in total. The van der Waals surface area contributed by atoms with Crippen LogP contribution in [0.15, 0.2) is 76.1 Å². The van der Waals surface area contributed by atoms with Gasteiger partial charge >= 0.3 is 0 Å². The van der Waals surface area contributed by atoms with E-state index in [0.717, 1.165) is 19.9 Å². The van der Waals surface area contributed by atoms with Crippen LogP contribution >= 0.6 is 39.1 Å². The van der Waals surface area contributed by atoms with E-state index in [1.165, 1.54) is 42.3 Å². The number of rotatable bonds is 9. The van der Waals surface area contributed by atoms with E-state index >= 15 is 0 Å². The van der Waals surface area contributed by atoms with Gasteiger partial charge < -0.3 is 10.2 Å². The molecule has 37 heavy (non-hydrogen) atoms. The van der Waals surface area contributed by atoms with Crippen LogP contribution in [-0.4, -0.2) is 44.8 Å². The standard InChI is InChI=1S/C26H26BrCl2N3O4S/c1-17-7-10-22(11-8-17)37(35,36)32(24-14-21(28)9-12-23(24)29)16-25(33)31(18(2)26(34)30-3)15-19-5-4-6-20(27)13-19/h4-14,18H,15-16H2,1-3H3,(H,30,34)/t18-/m1/s1. The molecule has 0 aliphatic carbocycles. The highest BCUT2D eigenvalue weighted by molar-refractivity contribution is 9.10. The van der Waals surface area contributed by atoms with Crippen molar-refractivity contribution in [2.24, 2.45) is 0 Å². The molecule has 3 aromatic rings. The zero-order valence-electron chi connectivity index (χ0n) is 20.4. The Bertz CT molecular complexity index is 1400. The Kier molecular flexibility index (Phi) is 9.63. The summed E-state index contributed by atoms with van der Waals surface area (Å²) in [6, 6.07) is 17.1. The van der Waals surface area contributed by atoms with Crippen molar-refractivity contribution in [2.45, 2.75) is 31.3 Å². The van der Waals surface area contributed by atoms with Gasteiger partial charge in [-0.1, -0.05) is 69.0 Å². The molecule has 0 heterocycles. The largest absolute Gasteiger partial charge is 0.357 e. The van der Waals surface area contributed by atoms with Crippen molar-refractivity contribution >= 4 is 66.7 Å². The molecular formula is C26H26BrCl2N3O4S. The summed E-state index contributed by atoms with van der Waals surface area (Å²) in [6.07, 6.45) is 0. The molecule has 0 bridgehead atoms. The Morgan fingerprint density at radius 3 is 2.32 bits per heavy atom. The number of amides is 2. The first-order valence-corrected chi connectivity index (χ1v) is 14.2. The number of hydrogen-bond donors (Lipinski definition) is 1. The van der Waals surface area contributed by atoms with Crippen molar-refractivity contribution in [3.63, 3.8) is 0 Å². The highest BCUT2D eigenvalue weighted by atomic mass is 79.9. The highest BCUT2D eigenvalue weighted by Crippen LogP contribution is 2.33. The first-order valence-electron chi connectivity index (χ1n) is 11.2. The number of anilines is 1. The number of nitrogens with one attached hydrogen (secondary N) is 1. The molecule has 196 valence electrons. The minimum Gasteiger partial charge on any atom is -0.357 e. The second-order valence-electron chi connectivity index (χ2n) is 8.36. The van der Waals surface area contributed by atoms with Crippen LogP contribution in [0.25, 0.3) is 0 Å². The quantitative estimate of drug-likeness (QED) is 0.344. The molecule has 0 aliphatic heterocycles. The van der Waals surface area contributed by atoms with Crippen molar-refractivity contribution in [1.82, 2.24) is 10.2 Å². The third-order valence-corrected chi connectivity index (χ3v) is 8.54. The maximum absolute atomic E-state index is 13.8. The van der Waals surface area contributed by atoms with Gasteiger partial charge in [0.2, 0.25) is 11.8 Å². The number of hydrogen-bond acceptors (Lipinski definition) is 4. The van der Waals surface area contributed by atoms with E-state index in [4.69, 9.17) is 23.2 Å². The van der Waals surface area contributed by atoms with Crippen LogP contribution < -0.4 is 9.62 Å². The summed E-state index contributed by atoms with van der Waals surface area (Å²) >= 11 is 16.0. The second kappa shape index (κ2) is 12.3. The van der Waals surface area contributed by atoms with E-state index < -0.39 is 34.4 Å². The van der Waals surface area contributed by atoms with Gasteiger partial charge in [0.15, 0.2) is 0 Å². The molecule has 0 saturated carbocycles. The summed E-state index contributed by atoms with van der Waals surface area (Å²) < 4.78 is 29.3. The number of aryl methyl sites for hydroxylation is 1. The predicted molar refractivity (Wildman–Crippen MR) is 150 cm³/mol. The van der Waals surface area contributed by atoms with Crippen molar-refractivity contribution < 1.29 is 18.0 Å². The van der Waals surface area contributed by atoms with Gasteiger partial charge in [0.1, 0.15) is 12.6 Å². The SMILES string of the molecule is CNC(=O)[C@@H](C)N(Cc1cccc(Br)c1)C(=O)CN(c1cc(Cl)ccc1Cl)S(=O)(=O)c1ccc(C)cc1. The normalized spacial score (nSPS) is 12.1. The van der Waals surface area contributed by atoms with Crippen LogP contribution in [0.3, 0.4) is 0 Å². The van der Waals surface area contributed by atoms with Gasteiger partial charge in [-0.3, -0.25) is 13.9 Å². The van der Waals surface area contributed by atoms with Crippen molar-refractivity contribution in [1.29, 1.82) is 0 Å². The molecular weight excluding hydrogens is 601 g/mol. The number of nitrogens with zero attached hydrogens (tertiary/aromatic N) is 2. The molecule has 0 aromatic heterocycles. The van der Waals surface area contributed by atoms with E-state index in [1.54, 1.807) is 19.1 Å². The highest BCUT2D eigenvalue weighted by Gasteiger charge is 2.33. The molecule has 7 nitrogen and oxygen atoms in total. The van der Waals surface area contributed by atoms with Gasteiger partial charge in [0, 0.05) is 23.1 Å². The zero-order chi connectivity index (χ0) is 27.3. The number of carbonyl (C=O) groups excluding carboxylic acids is 2. The lowest BCUT2D eigenvalue weighted by Gasteiger charge is -2.32. The fourth-order valence-corrected chi connectivity index (χ4v) is 5.96. The van der Waals surface area contributed by atoms with Crippen LogP contribution in [-0.2, 0) is 26.2 Å². The summed E-state index contributed by atoms with van der Waals surface area (Å²) in [5.41, 5.74) is 1.69. The van der Waals surface area contributed by atoms with Gasteiger partial charge in [0.05, 0.1) is 15.6 Å². The van der Waals surface area contributed by atoms with Gasteiger partial charge in [0.25, 0.3) is 10.0 Å². The lowest BCUT2D eigenvalue weighted by Crippen LogP contribution is -2.50. The maximum Gasteiger partial charge on any atom is 0.264 e. The van der Waals surface area contributed by atoms with Crippen molar-refractivity contribution in [3.05, 3.63) is 92.4 Å². The molecule has 0 saturated heterocycles. The van der Waals surface area contributed by atoms with E-state index in [9.17, 15) is 18.0 Å². The number of halogens is 3. The average molecular weight is 627 g/mol. The minimum atomic E-state index is -4.24. The molecule has 0 radical (unpaired) electrons. The van der Waals surface area contributed by atoms with E-state index in [2.05, 4.69) is 21.2 Å². The average Bonchev–Trinajstić information content (AvgIpc) is 2.86. The Morgan fingerprint density at radius 2 is 1.70 bits per heavy atom. The van der Waals surface area contributed by atoms with Crippen molar-refractivity contribution in [2.75, 3.05) is 17.9 Å². The van der Waals surface area contributed by atoms with Crippen LogP contribution in [0.5, 0.6) is 0 Å². The molecule has 0 aliphatic rings. The molecule has 0 spiro atoms. The zero-order valence-corrected chi connectivity index (χ0v) is 24.3. The number of benzene rings is 3. The lowest BCUT2D eigenvalue weighted by atomic mass is 10.1. The summed E-state index contributed by atoms with van der Waals surface area (Å²) in [5, 5.41) is 2.90. The molecule has 0 fully saturated rings. The predicted octanol–water partition coefficient (Wildman–Crippen LogP) is 5.42. The number of carbonyl (C=O) groups is 2. The molecule has 3 rings (SSSR count). The van der Waals surface area contributed by atoms with Crippen LogP contribution in [0.1, 0.15) is 18.1 Å². The summed E-state index contributed by atoms with van der Waals surface area (Å²) in [4.78, 5) is 27.6. The molecule has 2 amide bonds. The smallest absolute Gasteiger partial charge is 0.264 e. The van der Waals surface area contributed by atoms with Gasteiger partial charge in [-0.25, -0.2) is 8.42 Å². The van der Waals surface area contributed by atoms with Crippen molar-refractivity contribution in [3.8, 4) is 0 Å². The van der Waals surface area contributed by atoms with E-state index in [1.807, 2.05) is 31.2 Å². The Hall–Kier alpha value is -2.59. The monoisotopic (exact) mass is 625 g/mol. The third-order valence-electron chi connectivity index (χ3n) is 5.72. The number of likely N-dealkylation sites (N-methyl/N-ethyl adjacent to an activating group) is 1. The summed E-state index contributed by atoms with van der Waals surface area (Å²) in [6.45, 7) is 2.89. The number of sulfonamides is 1. The van der Waals surface area contributed by atoms with Crippen LogP contribution in [0.2, 0.25) is 10.0 Å². The molecule has 3 aromatic carbocycles. The van der Waals surface area contributed by atoms with Crippen LogP contribution in [0.4, 0.5) is 5.69 Å². The van der Waals surface area contributed by atoms with Gasteiger partial charge in [-0.2, -0.15) is 0 Å². The Labute approximate surface area is 235 Å².